The van der Waals surface area contributed by atoms with Crippen LogP contribution in [-0.2, 0) is 4.74 Å². The van der Waals surface area contributed by atoms with E-state index in [1.54, 1.807) is 13.0 Å². The largest absolute Gasteiger partial charge is 0.594 e. The molecule has 0 aliphatic carbocycles. The van der Waals surface area contributed by atoms with Gasteiger partial charge in [0, 0.05) is 23.7 Å². The van der Waals surface area contributed by atoms with Crippen LogP contribution < -0.4 is 4.85 Å². The van der Waals surface area contributed by atoms with Gasteiger partial charge >= 0.3 is 0 Å². The highest BCUT2D eigenvalue weighted by atomic mass is 16.5. The average molecular weight is 195 g/mol. The highest BCUT2D eigenvalue weighted by molar-refractivity contribution is 5.76. The number of rotatable bonds is 2. The van der Waals surface area contributed by atoms with Gasteiger partial charge in [0.2, 0.25) is 12.0 Å². The number of aliphatic imine (C=N–C) groups is 1. The molecular formula is C9H13N3O2. The Morgan fingerprint density at radius 3 is 3.07 bits per heavy atom. The minimum Gasteiger partial charge on any atom is -0.594 e. The molecule has 0 bridgehead atoms. The summed E-state index contributed by atoms with van der Waals surface area (Å²) in [5, 5.41) is 14.6. The summed E-state index contributed by atoms with van der Waals surface area (Å²) in [5.74, 6) is 0.905. The molecule has 1 aromatic rings. The SMILES string of the molecule is CCO/C(C)=N/c1n[n+]([O-])ccc1C. The normalized spacial score (nSPS) is 11.5. The smallest absolute Gasteiger partial charge is 0.227 e. The van der Waals surface area contributed by atoms with Crippen LogP contribution in [0.5, 0.6) is 0 Å². The van der Waals surface area contributed by atoms with Gasteiger partial charge in [-0.1, -0.05) is 4.85 Å². The summed E-state index contributed by atoms with van der Waals surface area (Å²) in [7, 11) is 0. The number of aryl methyl sites for hydroxylation is 1. The summed E-state index contributed by atoms with van der Waals surface area (Å²) in [6.07, 6.45) is 1.34. The van der Waals surface area contributed by atoms with E-state index in [4.69, 9.17) is 4.74 Å². The molecule has 0 atom stereocenters. The monoisotopic (exact) mass is 195 g/mol. The first kappa shape index (κ1) is 10.4. The summed E-state index contributed by atoms with van der Waals surface area (Å²) in [6.45, 7) is 5.99. The topological polar surface area (TPSA) is 61.4 Å². The summed E-state index contributed by atoms with van der Waals surface area (Å²) in [6, 6.07) is 1.66. The van der Waals surface area contributed by atoms with E-state index in [-0.39, 0.29) is 0 Å². The third-order valence-electron chi connectivity index (χ3n) is 1.61. The lowest BCUT2D eigenvalue weighted by molar-refractivity contribution is -0.668. The molecule has 1 aromatic heterocycles. The van der Waals surface area contributed by atoms with Crippen LogP contribution >= 0.6 is 0 Å². The van der Waals surface area contributed by atoms with Gasteiger partial charge in [-0.2, -0.15) is 4.99 Å². The molecule has 0 amide bonds. The number of hydrogen-bond acceptors (Lipinski definition) is 4. The van der Waals surface area contributed by atoms with Crippen LogP contribution in [0.15, 0.2) is 17.3 Å². The van der Waals surface area contributed by atoms with Crippen molar-refractivity contribution in [2.24, 2.45) is 4.99 Å². The zero-order chi connectivity index (χ0) is 10.6. The minimum absolute atomic E-state index is 0.397. The molecule has 0 aromatic carbocycles. The van der Waals surface area contributed by atoms with Gasteiger partial charge in [-0.05, 0) is 13.8 Å². The Morgan fingerprint density at radius 1 is 1.71 bits per heavy atom. The van der Waals surface area contributed by atoms with Gasteiger partial charge in [0.05, 0.1) is 6.61 Å². The standard InChI is InChI=1S/C9H13N3O2/c1-4-14-8(3)10-9-7(2)5-6-12(13)11-9/h5-6H,4H2,1-3H3/b10-8+. The van der Waals surface area contributed by atoms with Crippen LogP contribution in [-0.4, -0.2) is 17.6 Å². The highest BCUT2D eigenvalue weighted by Crippen LogP contribution is 2.11. The van der Waals surface area contributed by atoms with Crippen LogP contribution in [0.1, 0.15) is 19.4 Å². The van der Waals surface area contributed by atoms with E-state index in [2.05, 4.69) is 10.1 Å². The van der Waals surface area contributed by atoms with Crippen molar-refractivity contribution in [3.8, 4) is 0 Å². The molecule has 14 heavy (non-hydrogen) atoms. The van der Waals surface area contributed by atoms with E-state index in [0.29, 0.717) is 23.2 Å². The van der Waals surface area contributed by atoms with Crippen molar-refractivity contribution in [1.82, 2.24) is 5.10 Å². The van der Waals surface area contributed by atoms with Gasteiger partial charge in [0.1, 0.15) is 0 Å². The molecule has 1 rings (SSSR count). The molecule has 0 saturated carbocycles. The van der Waals surface area contributed by atoms with Crippen molar-refractivity contribution in [2.75, 3.05) is 6.61 Å². The second-order valence-corrected chi connectivity index (χ2v) is 2.79. The van der Waals surface area contributed by atoms with Crippen LogP contribution in [0.4, 0.5) is 5.82 Å². The van der Waals surface area contributed by atoms with Crippen LogP contribution in [0.2, 0.25) is 0 Å². The van der Waals surface area contributed by atoms with Gasteiger partial charge in [-0.3, -0.25) is 0 Å². The Morgan fingerprint density at radius 2 is 2.43 bits per heavy atom. The van der Waals surface area contributed by atoms with Crippen LogP contribution in [0.3, 0.4) is 0 Å². The van der Waals surface area contributed by atoms with Crippen molar-refractivity contribution < 1.29 is 9.58 Å². The molecule has 0 unspecified atom stereocenters. The van der Waals surface area contributed by atoms with Crippen molar-refractivity contribution >= 4 is 11.7 Å². The first-order valence-corrected chi connectivity index (χ1v) is 4.38. The van der Waals surface area contributed by atoms with E-state index in [9.17, 15) is 5.21 Å². The van der Waals surface area contributed by atoms with E-state index in [1.165, 1.54) is 6.20 Å². The maximum Gasteiger partial charge on any atom is 0.227 e. The summed E-state index contributed by atoms with van der Waals surface area (Å²) in [5.41, 5.74) is 0.844. The molecule has 5 nitrogen and oxygen atoms in total. The van der Waals surface area contributed by atoms with Gasteiger partial charge < -0.3 is 9.94 Å². The Kier molecular flexibility index (Phi) is 3.39. The van der Waals surface area contributed by atoms with Gasteiger partial charge in [-0.15, -0.1) is 0 Å². The maximum absolute atomic E-state index is 10.9. The van der Waals surface area contributed by atoms with Crippen molar-refractivity contribution in [3.05, 3.63) is 23.0 Å². The number of nitrogens with zero attached hydrogens (tertiary/aromatic N) is 3. The van der Waals surface area contributed by atoms with Gasteiger partial charge in [-0.25, -0.2) is 0 Å². The molecule has 5 heteroatoms. The van der Waals surface area contributed by atoms with Crippen molar-refractivity contribution in [2.45, 2.75) is 20.8 Å². The fourth-order valence-corrected chi connectivity index (χ4v) is 0.956. The molecule has 0 saturated heterocycles. The summed E-state index contributed by atoms with van der Waals surface area (Å²) < 4.78 is 5.14. The predicted molar refractivity (Wildman–Crippen MR) is 52.3 cm³/mol. The average Bonchev–Trinajstić information content (AvgIpc) is 2.12. The summed E-state index contributed by atoms with van der Waals surface area (Å²) in [4.78, 5) is 4.55. The number of aromatic nitrogens is 2. The van der Waals surface area contributed by atoms with E-state index < -0.39 is 0 Å². The zero-order valence-corrected chi connectivity index (χ0v) is 8.52. The molecule has 0 aliphatic heterocycles. The lowest BCUT2D eigenvalue weighted by atomic mass is 10.3. The molecule has 0 aliphatic rings. The highest BCUT2D eigenvalue weighted by Gasteiger charge is 2.03. The lowest BCUT2D eigenvalue weighted by Crippen LogP contribution is -2.30. The number of hydrogen-bond donors (Lipinski definition) is 0. The van der Waals surface area contributed by atoms with E-state index >= 15 is 0 Å². The van der Waals surface area contributed by atoms with Crippen LogP contribution in [0.25, 0.3) is 0 Å². The molecule has 0 radical (unpaired) electrons. The van der Waals surface area contributed by atoms with Crippen molar-refractivity contribution in [1.29, 1.82) is 0 Å². The molecule has 0 fully saturated rings. The Balaban J connectivity index is 2.95. The third kappa shape index (κ3) is 2.69. The fraction of sp³-hybridized carbons (Fsp3) is 0.444. The quantitative estimate of drug-likeness (QED) is 0.307. The summed E-state index contributed by atoms with van der Waals surface area (Å²) >= 11 is 0. The third-order valence-corrected chi connectivity index (χ3v) is 1.61. The zero-order valence-electron chi connectivity index (χ0n) is 8.52. The number of ether oxygens (including phenoxy) is 1. The van der Waals surface area contributed by atoms with Gasteiger partial charge in [0.15, 0.2) is 5.90 Å². The second kappa shape index (κ2) is 4.55. The van der Waals surface area contributed by atoms with Crippen molar-refractivity contribution in [3.63, 3.8) is 0 Å². The van der Waals surface area contributed by atoms with Gasteiger partial charge in [0.25, 0.3) is 0 Å². The molecule has 76 valence electrons. The molecular weight excluding hydrogens is 182 g/mol. The first-order chi connectivity index (χ1) is 6.63. The van der Waals surface area contributed by atoms with E-state index in [1.807, 2.05) is 13.8 Å². The first-order valence-electron chi connectivity index (χ1n) is 4.38. The van der Waals surface area contributed by atoms with Crippen LogP contribution in [0, 0.1) is 12.1 Å². The molecule has 0 N–H and O–H groups in total. The molecule has 0 spiro atoms. The second-order valence-electron chi connectivity index (χ2n) is 2.79. The lowest BCUT2D eigenvalue weighted by Gasteiger charge is -2.01. The Bertz CT molecular complexity index is 350. The fourth-order valence-electron chi connectivity index (χ4n) is 0.956. The van der Waals surface area contributed by atoms with E-state index in [0.717, 1.165) is 5.56 Å². The Labute approximate surface area is 82.6 Å². The minimum atomic E-state index is 0.397. The molecule has 1 heterocycles. The Hall–Kier alpha value is -1.65. The predicted octanol–water partition coefficient (Wildman–Crippen LogP) is 1.11. The maximum atomic E-state index is 10.9.